The van der Waals surface area contributed by atoms with Crippen molar-refractivity contribution >= 4 is 17.6 Å². The topological polar surface area (TPSA) is 119 Å². The zero-order valence-corrected chi connectivity index (χ0v) is 19.6. The van der Waals surface area contributed by atoms with Gasteiger partial charge in [-0.1, -0.05) is 12.1 Å². The first-order valence-corrected chi connectivity index (χ1v) is 10.8. The van der Waals surface area contributed by atoms with Gasteiger partial charge in [0.05, 0.1) is 23.9 Å². The van der Waals surface area contributed by atoms with Gasteiger partial charge in [-0.25, -0.2) is 13.9 Å². The third-order valence-electron chi connectivity index (χ3n) is 5.50. The van der Waals surface area contributed by atoms with E-state index in [1.165, 1.54) is 30.3 Å². The number of aromatic nitrogens is 2. The van der Waals surface area contributed by atoms with E-state index >= 15 is 0 Å². The molecule has 0 aliphatic carbocycles. The Morgan fingerprint density at radius 1 is 1.22 bits per heavy atom. The van der Waals surface area contributed by atoms with Crippen molar-refractivity contribution in [3.05, 3.63) is 70.3 Å². The van der Waals surface area contributed by atoms with Crippen LogP contribution in [0, 0.1) is 12.7 Å². The number of aromatic carboxylic acids is 1. The molecule has 4 N–H and O–H groups in total. The van der Waals surface area contributed by atoms with Crippen LogP contribution >= 0.6 is 0 Å². The van der Waals surface area contributed by atoms with Crippen LogP contribution in [0.1, 0.15) is 57.4 Å². The number of carbonyl (C=O) groups is 2. The minimum atomic E-state index is -4.69. The maximum absolute atomic E-state index is 13.5. The molecule has 1 heterocycles. The first-order valence-electron chi connectivity index (χ1n) is 10.8. The number of nitrogens with one attached hydrogen (secondary N) is 1. The molecule has 0 saturated heterocycles. The average Bonchev–Trinajstić information content (AvgIpc) is 3.15. The second-order valence-electron chi connectivity index (χ2n) is 8.00. The molecule has 2 aromatic carbocycles. The molecule has 36 heavy (non-hydrogen) atoms. The molecule has 1 amide bonds. The van der Waals surface area contributed by atoms with Gasteiger partial charge >= 0.3 is 12.1 Å². The average molecular weight is 508 g/mol. The van der Waals surface area contributed by atoms with E-state index in [1.54, 1.807) is 13.8 Å². The summed E-state index contributed by atoms with van der Waals surface area (Å²) in [5.74, 6) is -4.62. The molecule has 8 nitrogen and oxygen atoms in total. The summed E-state index contributed by atoms with van der Waals surface area (Å²) in [5.41, 5.74) is 5.26. The molecule has 3 rings (SSSR count). The maximum Gasteiger partial charge on any atom is 0.397 e. The predicted molar refractivity (Wildman–Crippen MR) is 123 cm³/mol. The lowest BCUT2D eigenvalue weighted by atomic mass is 10.1. The number of nitrogen functional groups attached to an aromatic ring is 1. The molecule has 12 heteroatoms. The number of carbonyl (C=O) groups excluding carboxylic acids is 1. The summed E-state index contributed by atoms with van der Waals surface area (Å²) in [4.78, 5) is 24.4. The molecule has 0 bridgehead atoms. The molecule has 1 aromatic heterocycles. The quantitative estimate of drug-likeness (QED) is 0.383. The normalized spacial score (nSPS) is 12.3. The van der Waals surface area contributed by atoms with Gasteiger partial charge in [-0.3, -0.25) is 4.79 Å². The second kappa shape index (κ2) is 10.3. The Kier molecular flexibility index (Phi) is 7.56. The Balaban J connectivity index is 1.97. The lowest BCUT2D eigenvalue weighted by Gasteiger charge is -2.15. The number of amides is 1. The highest BCUT2D eigenvalue weighted by Gasteiger charge is 2.41. The van der Waals surface area contributed by atoms with Crippen LogP contribution in [0.2, 0.25) is 0 Å². The number of carboxylic acid groups (broad SMARTS) is 1. The fraction of sp³-hybridized carbons (Fsp3) is 0.292. The van der Waals surface area contributed by atoms with E-state index in [4.69, 9.17) is 10.5 Å². The van der Waals surface area contributed by atoms with E-state index in [0.717, 1.165) is 17.7 Å². The van der Waals surface area contributed by atoms with Crippen molar-refractivity contribution < 1.29 is 37.0 Å². The first-order chi connectivity index (χ1) is 16.8. The van der Waals surface area contributed by atoms with Gasteiger partial charge in [0.1, 0.15) is 17.3 Å². The lowest BCUT2D eigenvalue weighted by Crippen LogP contribution is -2.24. The van der Waals surface area contributed by atoms with Gasteiger partial charge in [0, 0.05) is 12.1 Å². The van der Waals surface area contributed by atoms with Crippen LogP contribution in [-0.4, -0.2) is 39.5 Å². The zero-order valence-electron chi connectivity index (χ0n) is 19.6. The van der Waals surface area contributed by atoms with Crippen molar-refractivity contribution in [3.63, 3.8) is 0 Å². The summed E-state index contributed by atoms with van der Waals surface area (Å²) in [5, 5.41) is 16.2. The van der Waals surface area contributed by atoms with Crippen LogP contribution in [0.3, 0.4) is 0 Å². The number of halogens is 4. The number of hydrogen-bond acceptors (Lipinski definition) is 5. The monoisotopic (exact) mass is 508 g/mol. The van der Waals surface area contributed by atoms with Crippen LogP contribution in [0.4, 0.5) is 23.2 Å². The van der Waals surface area contributed by atoms with Crippen LogP contribution < -0.4 is 15.8 Å². The summed E-state index contributed by atoms with van der Waals surface area (Å²) in [6.45, 7) is 4.33. The molecule has 1 unspecified atom stereocenters. The molecule has 3 aromatic rings. The molecule has 0 spiro atoms. The minimum absolute atomic E-state index is 0.0124. The first kappa shape index (κ1) is 26.5. The van der Waals surface area contributed by atoms with Crippen molar-refractivity contribution in [2.75, 3.05) is 12.3 Å². The summed E-state index contributed by atoms with van der Waals surface area (Å²) in [6.07, 6.45) is -4.69. The summed E-state index contributed by atoms with van der Waals surface area (Å²) in [7, 11) is 0. The number of ether oxygens (including phenoxy) is 1. The minimum Gasteiger partial charge on any atom is -0.492 e. The molecular weight excluding hydrogens is 484 g/mol. The van der Waals surface area contributed by atoms with E-state index in [0.29, 0.717) is 11.1 Å². The SMILES string of the molecule is CCOc1cc(CNC(=O)c2cc(F)ccc2C)ccc1-n1nc(C(C)C(F)(F)F)c(N)c1C(=O)O. The number of nitrogens with zero attached hydrogens (tertiary/aromatic N) is 2. The van der Waals surface area contributed by atoms with Gasteiger partial charge < -0.3 is 20.9 Å². The largest absolute Gasteiger partial charge is 0.492 e. The second-order valence-corrected chi connectivity index (χ2v) is 8.00. The number of rotatable bonds is 8. The van der Waals surface area contributed by atoms with Gasteiger partial charge in [0.25, 0.3) is 5.91 Å². The Morgan fingerprint density at radius 3 is 2.53 bits per heavy atom. The van der Waals surface area contributed by atoms with E-state index < -0.39 is 46.9 Å². The van der Waals surface area contributed by atoms with Gasteiger partial charge in [-0.05, 0) is 56.2 Å². The van der Waals surface area contributed by atoms with Crippen molar-refractivity contribution in [2.24, 2.45) is 0 Å². The van der Waals surface area contributed by atoms with E-state index in [-0.39, 0.29) is 30.2 Å². The molecule has 0 radical (unpaired) electrons. The van der Waals surface area contributed by atoms with E-state index in [2.05, 4.69) is 10.4 Å². The Labute approximate surface area is 203 Å². The standard InChI is InChI=1S/C24H24F4N4O4/c1-4-36-18-9-14(11-30-22(33)16-10-15(25)7-5-12(16)2)6-8-17(18)32-21(23(34)35)19(29)20(31-32)13(3)24(26,27)28/h5-10,13H,4,11,29H2,1-3H3,(H,30,33)(H,34,35). The zero-order chi connectivity index (χ0) is 26.8. The summed E-state index contributed by atoms with van der Waals surface area (Å²) in [6, 6.07) is 8.26. The van der Waals surface area contributed by atoms with Crippen LogP contribution in [-0.2, 0) is 6.54 Å². The third-order valence-corrected chi connectivity index (χ3v) is 5.50. The lowest BCUT2D eigenvalue weighted by molar-refractivity contribution is -0.147. The molecule has 0 aliphatic heterocycles. The van der Waals surface area contributed by atoms with Gasteiger partial charge in [0.15, 0.2) is 5.69 Å². The van der Waals surface area contributed by atoms with Crippen LogP contribution in [0.15, 0.2) is 36.4 Å². The van der Waals surface area contributed by atoms with E-state index in [9.17, 15) is 32.3 Å². The number of alkyl halides is 3. The number of nitrogens with two attached hydrogens (primary N) is 1. The van der Waals surface area contributed by atoms with Gasteiger partial charge in [-0.2, -0.15) is 18.3 Å². The highest BCUT2D eigenvalue weighted by molar-refractivity contribution is 5.95. The van der Waals surface area contributed by atoms with Gasteiger partial charge in [-0.15, -0.1) is 0 Å². The molecule has 0 aliphatic rings. The summed E-state index contributed by atoms with van der Waals surface area (Å²) >= 11 is 0. The molecular formula is C24H24F4N4O4. The van der Waals surface area contributed by atoms with Crippen molar-refractivity contribution in [3.8, 4) is 11.4 Å². The predicted octanol–water partition coefficient (Wildman–Crippen LogP) is 4.59. The number of carboxylic acids is 1. The Morgan fingerprint density at radius 2 is 1.92 bits per heavy atom. The summed E-state index contributed by atoms with van der Waals surface area (Å²) < 4.78 is 59.8. The highest BCUT2D eigenvalue weighted by Crippen LogP contribution is 2.39. The molecule has 0 saturated carbocycles. The number of anilines is 1. The van der Waals surface area contributed by atoms with Crippen LogP contribution in [0.25, 0.3) is 5.69 Å². The smallest absolute Gasteiger partial charge is 0.397 e. The van der Waals surface area contributed by atoms with Crippen LogP contribution in [0.5, 0.6) is 5.75 Å². The third kappa shape index (κ3) is 5.42. The Hall–Kier alpha value is -4.09. The van der Waals surface area contributed by atoms with E-state index in [1.807, 2.05) is 0 Å². The fourth-order valence-corrected chi connectivity index (χ4v) is 3.53. The van der Waals surface area contributed by atoms with Gasteiger partial charge in [0.2, 0.25) is 0 Å². The van der Waals surface area contributed by atoms with Crippen molar-refractivity contribution in [2.45, 2.75) is 39.4 Å². The highest BCUT2D eigenvalue weighted by atomic mass is 19.4. The number of hydrogen-bond donors (Lipinski definition) is 3. The number of benzene rings is 2. The molecule has 0 fully saturated rings. The number of aryl methyl sites for hydroxylation is 1. The Bertz CT molecular complexity index is 1300. The van der Waals surface area contributed by atoms with Crippen molar-refractivity contribution in [1.29, 1.82) is 0 Å². The maximum atomic E-state index is 13.5. The molecule has 1 atom stereocenters. The molecule has 192 valence electrons. The van der Waals surface area contributed by atoms with Crippen molar-refractivity contribution in [1.82, 2.24) is 15.1 Å². The fourth-order valence-electron chi connectivity index (χ4n) is 3.53.